The Labute approximate surface area is 144 Å². The zero-order valence-electron chi connectivity index (χ0n) is 14.0. The number of pyridine rings is 1. The fourth-order valence-electron chi connectivity index (χ4n) is 3.42. The van der Waals surface area contributed by atoms with Gasteiger partial charge in [-0.2, -0.15) is 0 Å². The largest absolute Gasteiger partial charge is 0.337 e. The standard InChI is InChI=1S/C18H19N5O2/c1-12-4-2-6-16-21-15(10-23(12)16)18(25)22-7-3-5-13(9-22)14-8-17(24)20-11-19-14/h2,4,6,8,10-11,13H,3,5,7,9H2,1H3,(H,19,20,24). The predicted molar refractivity (Wildman–Crippen MR) is 92.7 cm³/mol. The molecule has 1 amide bonds. The molecule has 128 valence electrons. The number of carbonyl (C=O) groups is 1. The number of H-pyrrole nitrogens is 1. The highest BCUT2D eigenvalue weighted by Gasteiger charge is 2.27. The maximum Gasteiger partial charge on any atom is 0.274 e. The molecule has 1 fully saturated rings. The molecule has 7 heteroatoms. The van der Waals surface area contributed by atoms with E-state index in [0.717, 1.165) is 29.9 Å². The van der Waals surface area contributed by atoms with Gasteiger partial charge >= 0.3 is 0 Å². The molecule has 1 atom stereocenters. The van der Waals surface area contributed by atoms with Crippen molar-refractivity contribution < 1.29 is 4.79 Å². The summed E-state index contributed by atoms with van der Waals surface area (Å²) in [5, 5.41) is 0. The van der Waals surface area contributed by atoms with Gasteiger partial charge in [-0.05, 0) is 31.9 Å². The van der Waals surface area contributed by atoms with Gasteiger partial charge in [-0.15, -0.1) is 0 Å². The number of amides is 1. The summed E-state index contributed by atoms with van der Waals surface area (Å²) in [5.74, 6) is 0.0106. The zero-order valence-corrected chi connectivity index (χ0v) is 14.0. The molecule has 3 aromatic heterocycles. The molecule has 25 heavy (non-hydrogen) atoms. The number of piperidine rings is 1. The second kappa shape index (κ2) is 6.16. The van der Waals surface area contributed by atoms with E-state index >= 15 is 0 Å². The van der Waals surface area contributed by atoms with E-state index in [-0.39, 0.29) is 17.4 Å². The third-order valence-electron chi connectivity index (χ3n) is 4.74. The molecule has 0 bridgehead atoms. The number of aromatic nitrogens is 4. The average Bonchev–Trinajstić information content (AvgIpc) is 3.07. The molecule has 4 heterocycles. The molecule has 0 aliphatic carbocycles. The predicted octanol–water partition coefficient (Wildman–Crippen LogP) is 1.75. The van der Waals surface area contributed by atoms with E-state index in [9.17, 15) is 9.59 Å². The topological polar surface area (TPSA) is 83.4 Å². The molecule has 1 saturated heterocycles. The molecule has 1 aliphatic rings. The quantitative estimate of drug-likeness (QED) is 0.772. The van der Waals surface area contributed by atoms with Crippen LogP contribution < -0.4 is 5.56 Å². The number of nitrogens with one attached hydrogen (secondary N) is 1. The van der Waals surface area contributed by atoms with E-state index in [0.29, 0.717) is 18.8 Å². The lowest BCUT2D eigenvalue weighted by atomic mass is 9.94. The highest BCUT2D eigenvalue weighted by Crippen LogP contribution is 2.25. The summed E-state index contributed by atoms with van der Waals surface area (Å²) in [6, 6.07) is 7.33. The van der Waals surface area contributed by atoms with E-state index in [4.69, 9.17) is 0 Å². The molecule has 0 aromatic carbocycles. The first-order chi connectivity index (χ1) is 12.1. The molecular weight excluding hydrogens is 318 g/mol. The van der Waals surface area contributed by atoms with Gasteiger partial charge in [0.05, 0.1) is 12.0 Å². The van der Waals surface area contributed by atoms with Gasteiger partial charge in [-0.3, -0.25) is 9.59 Å². The maximum absolute atomic E-state index is 12.9. The number of fused-ring (bicyclic) bond motifs is 1. The number of aryl methyl sites for hydroxylation is 1. The molecule has 1 unspecified atom stereocenters. The van der Waals surface area contributed by atoms with Crippen molar-refractivity contribution in [2.75, 3.05) is 13.1 Å². The van der Waals surface area contributed by atoms with Crippen LogP contribution in [0.5, 0.6) is 0 Å². The van der Waals surface area contributed by atoms with Gasteiger partial charge in [0.25, 0.3) is 11.5 Å². The van der Waals surface area contributed by atoms with Gasteiger partial charge in [-0.25, -0.2) is 9.97 Å². The molecule has 3 aromatic rings. The summed E-state index contributed by atoms with van der Waals surface area (Å²) >= 11 is 0. The van der Waals surface area contributed by atoms with Crippen LogP contribution >= 0.6 is 0 Å². The molecule has 0 spiro atoms. The van der Waals surface area contributed by atoms with Crippen molar-refractivity contribution in [1.29, 1.82) is 0 Å². The first-order valence-electron chi connectivity index (χ1n) is 8.40. The van der Waals surface area contributed by atoms with E-state index < -0.39 is 0 Å². The monoisotopic (exact) mass is 337 g/mol. The minimum absolute atomic E-state index is 0.0716. The van der Waals surface area contributed by atoms with Gasteiger partial charge in [0.1, 0.15) is 11.3 Å². The van der Waals surface area contributed by atoms with E-state index in [2.05, 4.69) is 15.0 Å². The molecule has 1 aliphatic heterocycles. The number of carbonyl (C=O) groups excluding carboxylic acids is 1. The Kier molecular flexibility index (Phi) is 3.83. The maximum atomic E-state index is 12.9. The van der Waals surface area contributed by atoms with Gasteiger partial charge in [0, 0.05) is 37.0 Å². The van der Waals surface area contributed by atoms with Gasteiger partial charge in [-0.1, -0.05) is 6.07 Å². The number of hydrogen-bond acceptors (Lipinski definition) is 4. The highest BCUT2D eigenvalue weighted by atomic mass is 16.2. The summed E-state index contributed by atoms with van der Waals surface area (Å²) in [4.78, 5) is 37.5. The van der Waals surface area contributed by atoms with E-state index in [1.807, 2.05) is 34.4 Å². The average molecular weight is 337 g/mol. The molecule has 0 radical (unpaired) electrons. The summed E-state index contributed by atoms with van der Waals surface area (Å²) < 4.78 is 1.92. The molecule has 7 nitrogen and oxygen atoms in total. The lowest BCUT2D eigenvalue weighted by molar-refractivity contribution is 0.0700. The fraction of sp³-hybridized carbons (Fsp3) is 0.333. The first kappa shape index (κ1) is 15.6. The van der Waals surface area contributed by atoms with Crippen LogP contribution in [-0.2, 0) is 0 Å². The van der Waals surface area contributed by atoms with Crippen molar-refractivity contribution in [3.05, 3.63) is 64.2 Å². The Morgan fingerprint density at radius 2 is 2.24 bits per heavy atom. The lowest BCUT2D eigenvalue weighted by Crippen LogP contribution is -2.39. The zero-order chi connectivity index (χ0) is 17.4. The molecule has 0 saturated carbocycles. The smallest absolute Gasteiger partial charge is 0.274 e. The minimum Gasteiger partial charge on any atom is -0.337 e. The highest BCUT2D eigenvalue weighted by molar-refractivity contribution is 5.93. The number of hydrogen-bond donors (Lipinski definition) is 1. The lowest BCUT2D eigenvalue weighted by Gasteiger charge is -2.31. The first-order valence-corrected chi connectivity index (χ1v) is 8.40. The second-order valence-electron chi connectivity index (χ2n) is 6.45. The van der Waals surface area contributed by atoms with E-state index in [1.54, 1.807) is 6.20 Å². The summed E-state index contributed by atoms with van der Waals surface area (Å²) in [5.41, 5.74) is 2.84. The third kappa shape index (κ3) is 2.93. The number of imidazole rings is 1. The summed E-state index contributed by atoms with van der Waals surface area (Å²) in [7, 11) is 0. The van der Waals surface area contributed by atoms with Crippen molar-refractivity contribution >= 4 is 11.6 Å². The van der Waals surface area contributed by atoms with Crippen LogP contribution in [0.2, 0.25) is 0 Å². The van der Waals surface area contributed by atoms with Crippen molar-refractivity contribution in [3.63, 3.8) is 0 Å². The van der Waals surface area contributed by atoms with Crippen molar-refractivity contribution in [2.24, 2.45) is 0 Å². The Morgan fingerprint density at radius 3 is 3.04 bits per heavy atom. The molecular formula is C18H19N5O2. The number of nitrogens with zero attached hydrogens (tertiary/aromatic N) is 4. The van der Waals surface area contributed by atoms with Crippen LogP contribution in [0.3, 0.4) is 0 Å². The second-order valence-corrected chi connectivity index (χ2v) is 6.45. The summed E-state index contributed by atoms with van der Waals surface area (Å²) in [6.45, 7) is 3.24. The van der Waals surface area contributed by atoms with Crippen molar-refractivity contribution in [1.82, 2.24) is 24.3 Å². The van der Waals surface area contributed by atoms with Crippen molar-refractivity contribution in [2.45, 2.75) is 25.7 Å². The van der Waals surface area contributed by atoms with Crippen LogP contribution in [0, 0.1) is 6.92 Å². The molecule has 1 N–H and O–H groups in total. The van der Waals surface area contributed by atoms with E-state index in [1.165, 1.54) is 12.4 Å². The third-order valence-corrected chi connectivity index (χ3v) is 4.74. The fourth-order valence-corrected chi connectivity index (χ4v) is 3.42. The van der Waals surface area contributed by atoms with Crippen LogP contribution in [0.4, 0.5) is 0 Å². The van der Waals surface area contributed by atoms with Gasteiger partial charge in [0.15, 0.2) is 0 Å². The van der Waals surface area contributed by atoms with Crippen LogP contribution in [-0.4, -0.2) is 43.2 Å². The minimum atomic E-state index is -0.163. The van der Waals surface area contributed by atoms with Crippen LogP contribution in [0.1, 0.15) is 40.6 Å². The Balaban J connectivity index is 1.58. The van der Waals surface area contributed by atoms with Crippen LogP contribution in [0.25, 0.3) is 5.65 Å². The number of aromatic amines is 1. The summed E-state index contributed by atoms with van der Waals surface area (Å²) in [6.07, 6.45) is 5.02. The molecule has 4 rings (SSSR count). The van der Waals surface area contributed by atoms with Gasteiger partial charge < -0.3 is 14.3 Å². The van der Waals surface area contributed by atoms with Gasteiger partial charge in [0.2, 0.25) is 0 Å². The SMILES string of the molecule is Cc1cccc2nc(C(=O)N3CCCC(c4cc(=O)[nH]cn4)C3)cn12. The van der Waals surface area contributed by atoms with Crippen LogP contribution in [0.15, 0.2) is 41.6 Å². The Bertz CT molecular complexity index is 990. The Morgan fingerprint density at radius 1 is 1.36 bits per heavy atom. The van der Waals surface area contributed by atoms with Crippen molar-refractivity contribution in [3.8, 4) is 0 Å². The normalized spacial score (nSPS) is 17.8. The Hall–Kier alpha value is -2.96. The number of rotatable bonds is 2. The number of likely N-dealkylation sites (tertiary alicyclic amines) is 1.